The zero-order chi connectivity index (χ0) is 16.2. The van der Waals surface area contributed by atoms with Gasteiger partial charge in [-0.1, -0.05) is 30.3 Å². The molecular weight excluding hydrogens is 288 g/mol. The standard InChI is InChI=1S/C19H16N2O2/c20-11-19(23)14-5-8-15(9-6-14)21-12-17-16-4-2-1-3-13(16)7-10-18(17)22/h1-10,12,22H,11,20H2. The number of Topliss-reactive ketones (excluding diaryl/α,β-unsaturated/α-hetero) is 1. The van der Waals surface area contributed by atoms with Crippen LogP contribution in [0.25, 0.3) is 10.8 Å². The summed E-state index contributed by atoms with van der Waals surface area (Å²) in [5.41, 5.74) is 7.28. The van der Waals surface area contributed by atoms with Crippen molar-refractivity contribution in [3.05, 3.63) is 71.8 Å². The summed E-state index contributed by atoms with van der Waals surface area (Å²) in [6.45, 7) is -0.00745. The molecule has 0 aliphatic heterocycles. The number of carbonyl (C=O) groups excluding carboxylic acids is 1. The largest absolute Gasteiger partial charge is 0.507 e. The minimum Gasteiger partial charge on any atom is -0.507 e. The van der Waals surface area contributed by atoms with Gasteiger partial charge in [-0.25, -0.2) is 0 Å². The van der Waals surface area contributed by atoms with Gasteiger partial charge in [-0.2, -0.15) is 0 Å². The third-order valence-corrected chi connectivity index (χ3v) is 3.67. The molecule has 4 heteroatoms. The van der Waals surface area contributed by atoms with E-state index in [0.29, 0.717) is 16.8 Å². The van der Waals surface area contributed by atoms with Crippen molar-refractivity contribution in [3.63, 3.8) is 0 Å². The monoisotopic (exact) mass is 304 g/mol. The number of aliphatic imine (C=N–C) groups is 1. The van der Waals surface area contributed by atoms with Crippen LogP contribution in [-0.2, 0) is 0 Å². The van der Waals surface area contributed by atoms with Crippen LogP contribution in [0.4, 0.5) is 5.69 Å². The summed E-state index contributed by atoms with van der Waals surface area (Å²) in [6.07, 6.45) is 1.64. The van der Waals surface area contributed by atoms with E-state index in [2.05, 4.69) is 4.99 Å². The Morgan fingerprint density at radius 1 is 1.04 bits per heavy atom. The molecular formula is C19H16N2O2. The fourth-order valence-electron chi connectivity index (χ4n) is 2.41. The summed E-state index contributed by atoms with van der Waals surface area (Å²) in [5, 5.41) is 12.1. The van der Waals surface area contributed by atoms with Gasteiger partial charge in [-0.15, -0.1) is 0 Å². The Kier molecular flexibility index (Phi) is 4.17. The van der Waals surface area contributed by atoms with E-state index < -0.39 is 0 Å². The lowest BCUT2D eigenvalue weighted by Gasteiger charge is -2.04. The summed E-state index contributed by atoms with van der Waals surface area (Å²) in [6, 6.07) is 18.2. The summed E-state index contributed by atoms with van der Waals surface area (Å²) < 4.78 is 0. The highest BCUT2D eigenvalue weighted by Gasteiger charge is 2.05. The van der Waals surface area contributed by atoms with Crippen LogP contribution in [0.5, 0.6) is 5.75 Å². The van der Waals surface area contributed by atoms with Gasteiger partial charge in [0.2, 0.25) is 0 Å². The summed E-state index contributed by atoms with van der Waals surface area (Å²) in [7, 11) is 0. The molecule has 3 rings (SSSR count). The number of nitrogens with two attached hydrogens (primary N) is 1. The van der Waals surface area contributed by atoms with Gasteiger partial charge in [0.1, 0.15) is 5.75 Å². The van der Waals surface area contributed by atoms with E-state index in [1.165, 1.54) is 0 Å². The molecule has 0 unspecified atom stereocenters. The van der Waals surface area contributed by atoms with Gasteiger partial charge < -0.3 is 10.8 Å². The second-order valence-electron chi connectivity index (χ2n) is 5.15. The van der Waals surface area contributed by atoms with E-state index in [9.17, 15) is 9.90 Å². The predicted molar refractivity (Wildman–Crippen MR) is 92.7 cm³/mol. The zero-order valence-corrected chi connectivity index (χ0v) is 12.4. The Balaban J connectivity index is 1.94. The average molecular weight is 304 g/mol. The molecule has 3 aromatic rings. The highest BCUT2D eigenvalue weighted by atomic mass is 16.3. The fourth-order valence-corrected chi connectivity index (χ4v) is 2.41. The SMILES string of the molecule is NCC(=O)c1ccc(N=Cc2c(O)ccc3ccccc23)cc1. The zero-order valence-electron chi connectivity index (χ0n) is 12.4. The number of hydrogen-bond acceptors (Lipinski definition) is 4. The molecule has 0 heterocycles. The van der Waals surface area contributed by atoms with Crippen molar-refractivity contribution in [3.8, 4) is 5.75 Å². The molecule has 0 spiro atoms. The number of phenols is 1. The van der Waals surface area contributed by atoms with E-state index in [1.807, 2.05) is 30.3 Å². The highest BCUT2D eigenvalue weighted by Crippen LogP contribution is 2.26. The normalized spacial score (nSPS) is 11.2. The van der Waals surface area contributed by atoms with Crippen molar-refractivity contribution >= 4 is 28.5 Å². The Morgan fingerprint density at radius 2 is 1.78 bits per heavy atom. The third-order valence-electron chi connectivity index (χ3n) is 3.67. The number of carbonyl (C=O) groups is 1. The van der Waals surface area contributed by atoms with Crippen LogP contribution in [0.3, 0.4) is 0 Å². The molecule has 0 radical (unpaired) electrons. The molecule has 0 atom stereocenters. The van der Waals surface area contributed by atoms with Crippen LogP contribution >= 0.6 is 0 Å². The molecule has 0 aliphatic carbocycles. The van der Waals surface area contributed by atoms with Gasteiger partial charge in [-0.05, 0) is 41.1 Å². The molecule has 4 nitrogen and oxygen atoms in total. The van der Waals surface area contributed by atoms with Gasteiger partial charge in [0.05, 0.1) is 12.2 Å². The molecule has 3 aromatic carbocycles. The van der Waals surface area contributed by atoms with Gasteiger partial charge in [0.25, 0.3) is 0 Å². The second kappa shape index (κ2) is 6.42. The number of fused-ring (bicyclic) bond motifs is 1. The van der Waals surface area contributed by atoms with Gasteiger partial charge in [0, 0.05) is 17.3 Å². The summed E-state index contributed by atoms with van der Waals surface area (Å²) in [5.74, 6) is 0.0783. The number of hydrogen-bond donors (Lipinski definition) is 2. The molecule has 3 N–H and O–H groups in total. The van der Waals surface area contributed by atoms with Gasteiger partial charge >= 0.3 is 0 Å². The number of ketones is 1. The summed E-state index contributed by atoms with van der Waals surface area (Å²) >= 11 is 0. The van der Waals surface area contributed by atoms with E-state index in [-0.39, 0.29) is 18.1 Å². The Labute approximate surface area is 133 Å². The minimum atomic E-state index is -0.104. The van der Waals surface area contributed by atoms with Crippen molar-refractivity contribution in [1.82, 2.24) is 0 Å². The number of rotatable bonds is 4. The van der Waals surface area contributed by atoms with E-state index in [0.717, 1.165) is 10.8 Å². The lowest BCUT2D eigenvalue weighted by Crippen LogP contribution is -2.13. The van der Waals surface area contributed by atoms with Crippen molar-refractivity contribution in [2.45, 2.75) is 0 Å². The van der Waals surface area contributed by atoms with Crippen LogP contribution < -0.4 is 5.73 Å². The quantitative estimate of drug-likeness (QED) is 0.572. The molecule has 0 saturated carbocycles. The van der Waals surface area contributed by atoms with E-state index in [1.54, 1.807) is 36.5 Å². The molecule has 0 aromatic heterocycles. The van der Waals surface area contributed by atoms with E-state index >= 15 is 0 Å². The van der Waals surface area contributed by atoms with Crippen molar-refractivity contribution in [2.24, 2.45) is 10.7 Å². The maximum Gasteiger partial charge on any atom is 0.176 e. The number of nitrogens with zero attached hydrogens (tertiary/aromatic N) is 1. The second-order valence-corrected chi connectivity index (χ2v) is 5.15. The molecule has 114 valence electrons. The van der Waals surface area contributed by atoms with Crippen molar-refractivity contribution in [1.29, 1.82) is 0 Å². The first-order valence-electron chi connectivity index (χ1n) is 7.27. The molecule has 0 saturated heterocycles. The van der Waals surface area contributed by atoms with Gasteiger partial charge in [0.15, 0.2) is 5.78 Å². The van der Waals surface area contributed by atoms with Crippen LogP contribution in [0.2, 0.25) is 0 Å². The summed E-state index contributed by atoms with van der Waals surface area (Å²) in [4.78, 5) is 15.9. The number of phenolic OH excluding ortho intramolecular Hbond substituents is 1. The highest BCUT2D eigenvalue weighted by molar-refractivity contribution is 6.03. The third kappa shape index (κ3) is 3.12. The van der Waals surface area contributed by atoms with Crippen molar-refractivity contribution in [2.75, 3.05) is 6.54 Å². The first-order valence-corrected chi connectivity index (χ1v) is 7.27. The topological polar surface area (TPSA) is 75.7 Å². The molecule has 23 heavy (non-hydrogen) atoms. The predicted octanol–water partition coefficient (Wildman–Crippen LogP) is 3.44. The van der Waals surface area contributed by atoms with Crippen LogP contribution in [0.1, 0.15) is 15.9 Å². The van der Waals surface area contributed by atoms with Crippen LogP contribution in [0, 0.1) is 0 Å². The van der Waals surface area contributed by atoms with Crippen LogP contribution in [-0.4, -0.2) is 23.6 Å². The maximum absolute atomic E-state index is 11.5. The molecule has 0 aliphatic rings. The smallest absolute Gasteiger partial charge is 0.176 e. The number of benzene rings is 3. The average Bonchev–Trinajstić information content (AvgIpc) is 2.60. The van der Waals surface area contributed by atoms with E-state index in [4.69, 9.17) is 5.73 Å². The molecule has 0 bridgehead atoms. The van der Waals surface area contributed by atoms with Crippen LogP contribution in [0.15, 0.2) is 65.7 Å². The lowest BCUT2D eigenvalue weighted by atomic mass is 10.0. The first kappa shape index (κ1) is 14.9. The molecule has 0 amide bonds. The van der Waals surface area contributed by atoms with Gasteiger partial charge in [-0.3, -0.25) is 9.79 Å². The minimum absolute atomic E-state index is 0.00745. The van der Waals surface area contributed by atoms with Crippen molar-refractivity contribution < 1.29 is 9.90 Å². The Hall–Kier alpha value is -2.98. The fraction of sp³-hybridized carbons (Fsp3) is 0.0526. The maximum atomic E-state index is 11.5. The lowest BCUT2D eigenvalue weighted by molar-refractivity contribution is 0.100. The number of aromatic hydroxyl groups is 1. The molecule has 0 fully saturated rings. The first-order chi connectivity index (χ1) is 11.2. The Morgan fingerprint density at radius 3 is 2.52 bits per heavy atom. The Bertz CT molecular complexity index is 884.